The summed E-state index contributed by atoms with van der Waals surface area (Å²) in [4.78, 5) is 0. The zero-order chi connectivity index (χ0) is 20.1. The van der Waals surface area contributed by atoms with Gasteiger partial charge in [-0.15, -0.1) is 28.7 Å². The van der Waals surface area contributed by atoms with Gasteiger partial charge in [0.15, 0.2) is 0 Å². The molecule has 0 saturated heterocycles. The van der Waals surface area contributed by atoms with Gasteiger partial charge in [0.2, 0.25) is 0 Å². The molecule has 1 aliphatic rings. The van der Waals surface area contributed by atoms with Gasteiger partial charge in [-0.2, -0.15) is 39.5 Å². The minimum atomic E-state index is 0.170. The van der Waals surface area contributed by atoms with E-state index in [1.54, 1.807) is 0 Å². The number of hydrogen-bond acceptors (Lipinski definition) is 0. The van der Waals surface area contributed by atoms with E-state index >= 15 is 0 Å². The first-order chi connectivity index (χ1) is 12.8. The SMILES string of the molecule is CC1=[C-]c2c(ccc3ccccc23)C1.Cc1c(C)c(C)[c-](C)c1C.[I][Zr+2][I]. The monoisotopic (exact) mass is 658 g/mol. The first-order valence-electron chi connectivity index (χ1n) is 9.07. The molecule has 0 nitrogen and oxygen atoms in total. The molecule has 3 heteroatoms. The zero-order valence-corrected chi connectivity index (χ0v) is 23.7. The Morgan fingerprint density at radius 1 is 0.889 bits per heavy atom. The second-order valence-corrected chi connectivity index (χ2v) is 26.0. The fourth-order valence-electron chi connectivity index (χ4n) is 3.56. The van der Waals surface area contributed by atoms with Crippen molar-refractivity contribution >= 4 is 46.9 Å². The van der Waals surface area contributed by atoms with E-state index < -0.39 is 0 Å². The van der Waals surface area contributed by atoms with E-state index in [2.05, 4.69) is 120 Å². The van der Waals surface area contributed by atoms with Crippen molar-refractivity contribution in [2.75, 3.05) is 0 Å². The van der Waals surface area contributed by atoms with Gasteiger partial charge < -0.3 is 0 Å². The molecule has 0 radical (unpaired) electrons. The molecule has 140 valence electrons. The Kier molecular flexibility index (Phi) is 9.35. The van der Waals surface area contributed by atoms with Crippen LogP contribution in [-0.2, 0) is 21.3 Å². The van der Waals surface area contributed by atoms with Crippen LogP contribution in [0.4, 0.5) is 0 Å². The predicted molar refractivity (Wildman–Crippen MR) is 133 cm³/mol. The van der Waals surface area contributed by atoms with E-state index in [1.807, 2.05) is 0 Å². The summed E-state index contributed by atoms with van der Waals surface area (Å²) in [5.41, 5.74) is 11.4. The van der Waals surface area contributed by atoms with Gasteiger partial charge in [0.25, 0.3) is 0 Å². The third-order valence-electron chi connectivity index (χ3n) is 5.62. The van der Waals surface area contributed by atoms with Crippen LogP contribution >= 0.6 is 36.1 Å². The summed E-state index contributed by atoms with van der Waals surface area (Å²) in [6.07, 6.45) is 4.53. The summed E-state index contributed by atoms with van der Waals surface area (Å²) in [5, 5.41) is 2.65. The third-order valence-corrected chi connectivity index (χ3v) is 5.62. The topological polar surface area (TPSA) is 0 Å². The van der Waals surface area contributed by atoms with E-state index in [0.717, 1.165) is 6.42 Å². The van der Waals surface area contributed by atoms with Crippen LogP contribution in [0.3, 0.4) is 0 Å². The van der Waals surface area contributed by atoms with Crippen LogP contribution in [-0.4, -0.2) is 0 Å². The summed E-state index contributed by atoms with van der Waals surface area (Å²) < 4.78 is 0. The number of benzene rings is 2. The normalized spacial score (nSPS) is 11.6. The third kappa shape index (κ3) is 5.60. The molecule has 0 atom stereocenters. The predicted octanol–water partition coefficient (Wildman–Crippen LogP) is 8.21. The molecule has 4 rings (SSSR count). The maximum atomic E-state index is 3.46. The van der Waals surface area contributed by atoms with Gasteiger partial charge in [-0.05, 0) is 0 Å². The van der Waals surface area contributed by atoms with E-state index in [-0.39, 0.29) is 14.9 Å². The van der Waals surface area contributed by atoms with Crippen molar-refractivity contribution in [1.82, 2.24) is 0 Å². The van der Waals surface area contributed by atoms with Crippen LogP contribution in [0.25, 0.3) is 10.8 Å². The molecule has 1 aliphatic carbocycles. The zero-order valence-electron chi connectivity index (χ0n) is 16.9. The fourth-order valence-corrected chi connectivity index (χ4v) is 3.56. The van der Waals surface area contributed by atoms with Crippen LogP contribution in [0.5, 0.6) is 0 Å². The van der Waals surface area contributed by atoms with Gasteiger partial charge in [0.1, 0.15) is 0 Å². The Morgan fingerprint density at radius 3 is 1.96 bits per heavy atom. The van der Waals surface area contributed by atoms with Gasteiger partial charge in [-0.3, -0.25) is 0 Å². The Labute approximate surface area is 194 Å². The number of fused-ring (bicyclic) bond motifs is 3. The summed E-state index contributed by atoms with van der Waals surface area (Å²) in [6.45, 7) is 13.1. The second-order valence-electron chi connectivity index (χ2n) is 7.10. The molecule has 3 aromatic rings. The molecular weight excluding hydrogens is 633 g/mol. The van der Waals surface area contributed by atoms with Crippen LogP contribution in [0.15, 0.2) is 42.0 Å². The Morgan fingerprint density at radius 2 is 1.44 bits per heavy atom. The quantitative estimate of drug-likeness (QED) is 0.169. The van der Waals surface area contributed by atoms with E-state index in [1.165, 1.54) is 55.3 Å². The molecule has 0 fully saturated rings. The van der Waals surface area contributed by atoms with Crippen molar-refractivity contribution in [2.45, 2.75) is 48.0 Å². The van der Waals surface area contributed by atoms with Crippen molar-refractivity contribution in [2.24, 2.45) is 0 Å². The van der Waals surface area contributed by atoms with Crippen molar-refractivity contribution in [3.63, 3.8) is 0 Å². The number of allylic oxidation sites excluding steroid dienone is 1. The molecule has 0 unspecified atom stereocenters. The summed E-state index contributed by atoms with van der Waals surface area (Å²) in [5.74, 6) is 0. The van der Waals surface area contributed by atoms with Crippen LogP contribution in [0.2, 0.25) is 0 Å². The van der Waals surface area contributed by atoms with Gasteiger partial charge in [-0.1, -0.05) is 77.6 Å². The van der Waals surface area contributed by atoms with Crippen molar-refractivity contribution in [3.05, 3.63) is 87.0 Å². The van der Waals surface area contributed by atoms with Crippen molar-refractivity contribution in [3.8, 4) is 0 Å². The van der Waals surface area contributed by atoms with Gasteiger partial charge in [-0.25, -0.2) is 0 Å². The summed E-state index contributed by atoms with van der Waals surface area (Å²) in [7, 11) is 0. The van der Waals surface area contributed by atoms with Gasteiger partial charge in [0, 0.05) is 0 Å². The summed E-state index contributed by atoms with van der Waals surface area (Å²) in [6, 6.07) is 12.9. The molecule has 0 heterocycles. The number of hydrogen-bond donors (Lipinski definition) is 0. The molecule has 0 N–H and O–H groups in total. The maximum absolute atomic E-state index is 3.46. The molecule has 0 bridgehead atoms. The number of halogens is 2. The minimum absolute atomic E-state index is 0.170. The standard InChI is InChI=1S/C14H11.C10H15.2HI.Zr/c1-10-8-12-7-6-11-4-2-3-5-13(11)14(12)9-10;1-6-7(2)9(4)10(5)8(6)3;;;/h2-7H,8H2,1H3;1-5H3;2*1H;/q2*-1;;;+4/p-2. The first kappa shape index (κ1) is 23.4. The van der Waals surface area contributed by atoms with Crippen molar-refractivity contribution < 1.29 is 14.9 Å². The van der Waals surface area contributed by atoms with E-state index in [4.69, 9.17) is 0 Å². The summed E-state index contributed by atoms with van der Waals surface area (Å²) >= 11 is 5.06. The Bertz CT molecular complexity index is 884. The van der Waals surface area contributed by atoms with Crippen LogP contribution in [0, 0.1) is 40.7 Å². The molecule has 0 aromatic heterocycles. The van der Waals surface area contributed by atoms with Crippen LogP contribution < -0.4 is 0 Å². The second kappa shape index (κ2) is 10.8. The fraction of sp³-hybridized carbons (Fsp3) is 0.292. The molecule has 27 heavy (non-hydrogen) atoms. The molecule has 0 aliphatic heterocycles. The average molecular weight is 660 g/mol. The van der Waals surface area contributed by atoms with E-state index in [0.29, 0.717) is 0 Å². The average Bonchev–Trinajstić information content (AvgIpc) is 3.13. The van der Waals surface area contributed by atoms with Gasteiger partial charge >= 0.3 is 50.9 Å². The molecule has 0 spiro atoms. The Balaban J connectivity index is 0.000000178. The molecular formula is C24H26I2Zr. The molecule has 0 saturated carbocycles. The number of rotatable bonds is 0. The van der Waals surface area contributed by atoms with Crippen LogP contribution in [0.1, 0.15) is 45.9 Å². The van der Waals surface area contributed by atoms with E-state index in [9.17, 15) is 0 Å². The van der Waals surface area contributed by atoms with Gasteiger partial charge in [0.05, 0.1) is 0 Å². The Hall–Kier alpha value is 0.133. The first-order valence-corrected chi connectivity index (χ1v) is 23.7. The van der Waals surface area contributed by atoms with Crippen molar-refractivity contribution in [1.29, 1.82) is 0 Å². The molecule has 3 aromatic carbocycles. The molecule has 0 amide bonds.